The van der Waals surface area contributed by atoms with Crippen molar-refractivity contribution in [1.29, 1.82) is 0 Å². The molecule has 0 saturated carbocycles. The van der Waals surface area contributed by atoms with Gasteiger partial charge in [-0.2, -0.15) is 0 Å². The van der Waals surface area contributed by atoms with Gasteiger partial charge in [-0.1, -0.05) is 63.9 Å². The summed E-state index contributed by atoms with van der Waals surface area (Å²) in [4.78, 5) is 15.7. The van der Waals surface area contributed by atoms with Gasteiger partial charge < -0.3 is 5.11 Å². The van der Waals surface area contributed by atoms with Crippen LogP contribution in [0.15, 0.2) is 30.0 Å². The number of nitrogens with zero attached hydrogens (tertiary/aromatic N) is 2. The Hall–Kier alpha value is -1.46. The predicted octanol–water partition coefficient (Wildman–Crippen LogP) is 5.33. The molecule has 0 amide bonds. The Labute approximate surface area is 165 Å². The lowest BCUT2D eigenvalue weighted by atomic mass is 10.0. The molecule has 0 aromatic heterocycles. The first-order chi connectivity index (χ1) is 13.0. The summed E-state index contributed by atoms with van der Waals surface area (Å²) in [5.41, 5.74) is 6.09. The van der Waals surface area contributed by atoms with Crippen LogP contribution in [0.4, 0.5) is 0 Å². The van der Waals surface area contributed by atoms with Gasteiger partial charge in [-0.05, 0) is 19.3 Å². The first-order valence-corrected chi connectivity index (χ1v) is 10.7. The van der Waals surface area contributed by atoms with E-state index in [9.17, 15) is 9.90 Å². The molecule has 5 heteroatoms. The topological polar surface area (TPSA) is 75.7 Å². The summed E-state index contributed by atoms with van der Waals surface area (Å²) in [5, 5.41) is 9.23. The molecule has 5 nitrogen and oxygen atoms in total. The van der Waals surface area contributed by atoms with Crippen LogP contribution in [0.3, 0.4) is 0 Å². The van der Waals surface area contributed by atoms with E-state index in [4.69, 9.17) is 5.73 Å². The average molecular weight is 379 g/mol. The van der Waals surface area contributed by atoms with E-state index in [0.29, 0.717) is 0 Å². The number of rotatable bonds is 17. The Kier molecular flexibility index (Phi) is 11.9. The van der Waals surface area contributed by atoms with Gasteiger partial charge in [-0.15, -0.1) is 6.58 Å². The number of carbonyl (C=O) groups is 1. The van der Waals surface area contributed by atoms with E-state index in [-0.39, 0.29) is 17.2 Å². The maximum Gasteiger partial charge on any atom is 0.360 e. The van der Waals surface area contributed by atoms with E-state index in [1.54, 1.807) is 6.20 Å². The van der Waals surface area contributed by atoms with Crippen LogP contribution in [0.2, 0.25) is 0 Å². The maximum absolute atomic E-state index is 11.2. The van der Waals surface area contributed by atoms with E-state index in [1.165, 1.54) is 64.2 Å². The van der Waals surface area contributed by atoms with Gasteiger partial charge in [0.05, 0.1) is 6.20 Å². The lowest BCUT2D eigenvalue weighted by Crippen LogP contribution is -2.59. The zero-order chi connectivity index (χ0) is 20.0. The highest BCUT2D eigenvalue weighted by Crippen LogP contribution is 2.23. The summed E-state index contributed by atoms with van der Waals surface area (Å²) in [6.07, 6.45) is 21.4. The summed E-state index contributed by atoms with van der Waals surface area (Å²) in [5.74, 6) is 0.0520. The normalized spacial score (nSPS) is 19.9. The minimum Gasteiger partial charge on any atom is -0.477 e. The lowest BCUT2D eigenvalue weighted by Gasteiger charge is -2.34. The van der Waals surface area contributed by atoms with Crippen molar-refractivity contribution in [3.63, 3.8) is 0 Å². The number of aliphatic imine (C=N–C) groups is 1. The molecule has 0 bridgehead atoms. The van der Waals surface area contributed by atoms with Crippen molar-refractivity contribution in [1.82, 2.24) is 0 Å². The van der Waals surface area contributed by atoms with Gasteiger partial charge in [0.15, 0.2) is 6.54 Å². The van der Waals surface area contributed by atoms with E-state index in [1.807, 2.05) is 19.2 Å². The van der Waals surface area contributed by atoms with Gasteiger partial charge in [0.1, 0.15) is 12.4 Å². The van der Waals surface area contributed by atoms with Gasteiger partial charge in [0, 0.05) is 13.3 Å². The van der Waals surface area contributed by atoms with Crippen molar-refractivity contribution in [2.24, 2.45) is 10.7 Å². The van der Waals surface area contributed by atoms with Crippen LogP contribution in [-0.2, 0) is 4.79 Å². The number of quaternary nitrogens is 1. The van der Waals surface area contributed by atoms with E-state index in [0.717, 1.165) is 25.1 Å². The summed E-state index contributed by atoms with van der Waals surface area (Å²) in [6, 6.07) is 0. The number of aliphatic carboxylic acids is 1. The molecule has 0 spiro atoms. The number of hydrogen-bond donors (Lipinski definition) is 2. The molecular weight excluding hydrogens is 338 g/mol. The SMILES string of the molecule is C=CCCCCCCCCCCCCCC1=NC=C[N+]1(CC(=O)O)C(C)N. The summed E-state index contributed by atoms with van der Waals surface area (Å²) in [6.45, 7) is 5.59. The number of allylic oxidation sites excluding steroid dienone is 1. The van der Waals surface area contributed by atoms with Gasteiger partial charge in [-0.25, -0.2) is 14.3 Å². The molecule has 0 aromatic carbocycles. The molecule has 0 aromatic rings. The molecule has 1 aliphatic heterocycles. The van der Waals surface area contributed by atoms with Crippen molar-refractivity contribution in [3.05, 3.63) is 25.1 Å². The second-order valence-corrected chi connectivity index (χ2v) is 7.78. The molecular formula is C22H40N3O2+. The van der Waals surface area contributed by atoms with E-state index in [2.05, 4.69) is 11.6 Å². The molecule has 0 saturated heterocycles. The Morgan fingerprint density at radius 2 is 1.63 bits per heavy atom. The van der Waals surface area contributed by atoms with Gasteiger partial charge in [0.2, 0.25) is 5.84 Å². The highest BCUT2D eigenvalue weighted by molar-refractivity contribution is 5.81. The number of nitrogens with two attached hydrogens (primary N) is 1. The van der Waals surface area contributed by atoms with E-state index < -0.39 is 5.97 Å². The van der Waals surface area contributed by atoms with Gasteiger partial charge in [0.25, 0.3) is 0 Å². The third kappa shape index (κ3) is 8.85. The van der Waals surface area contributed by atoms with Gasteiger partial charge >= 0.3 is 5.97 Å². The Morgan fingerprint density at radius 3 is 2.11 bits per heavy atom. The van der Waals surface area contributed by atoms with Crippen LogP contribution in [0.1, 0.15) is 90.4 Å². The fraction of sp³-hybridized carbons (Fsp3) is 0.727. The molecule has 2 atom stereocenters. The second-order valence-electron chi connectivity index (χ2n) is 7.78. The van der Waals surface area contributed by atoms with Crippen LogP contribution in [0, 0.1) is 0 Å². The number of hydrogen-bond acceptors (Lipinski definition) is 3. The van der Waals surface area contributed by atoms with Crippen molar-refractivity contribution >= 4 is 11.8 Å². The van der Waals surface area contributed by atoms with Crippen LogP contribution in [0.25, 0.3) is 0 Å². The Balaban J connectivity index is 2.08. The molecule has 1 rings (SSSR count). The van der Waals surface area contributed by atoms with Crippen LogP contribution >= 0.6 is 0 Å². The van der Waals surface area contributed by atoms with Crippen LogP contribution in [-0.4, -0.2) is 34.1 Å². The monoisotopic (exact) mass is 378 g/mol. The number of carboxylic acid groups (broad SMARTS) is 1. The average Bonchev–Trinajstić information content (AvgIpc) is 3.02. The summed E-state index contributed by atoms with van der Waals surface area (Å²) in [7, 11) is 0. The van der Waals surface area contributed by atoms with Crippen molar-refractivity contribution in [2.45, 2.75) is 96.6 Å². The molecule has 154 valence electrons. The molecule has 2 unspecified atom stereocenters. The molecule has 1 heterocycles. The zero-order valence-corrected chi connectivity index (χ0v) is 17.2. The smallest absolute Gasteiger partial charge is 0.360 e. The minimum absolute atomic E-state index is 0.0272. The first-order valence-electron chi connectivity index (χ1n) is 10.7. The molecule has 3 N–H and O–H groups in total. The number of amidine groups is 1. The van der Waals surface area contributed by atoms with E-state index >= 15 is 0 Å². The van der Waals surface area contributed by atoms with Crippen LogP contribution < -0.4 is 5.73 Å². The fourth-order valence-electron chi connectivity index (χ4n) is 3.75. The van der Waals surface area contributed by atoms with Crippen LogP contribution in [0.5, 0.6) is 0 Å². The zero-order valence-electron chi connectivity index (χ0n) is 17.2. The van der Waals surface area contributed by atoms with Gasteiger partial charge in [-0.3, -0.25) is 5.73 Å². The summed E-state index contributed by atoms with van der Waals surface area (Å²) < 4.78 is 0.169. The van der Waals surface area contributed by atoms with Crippen molar-refractivity contribution in [3.8, 4) is 0 Å². The number of carboxylic acids is 1. The fourth-order valence-corrected chi connectivity index (χ4v) is 3.75. The Morgan fingerprint density at radius 1 is 1.11 bits per heavy atom. The number of unbranched alkanes of at least 4 members (excludes halogenated alkanes) is 11. The molecule has 0 fully saturated rings. The van der Waals surface area contributed by atoms with Crippen molar-refractivity contribution < 1.29 is 14.4 Å². The highest BCUT2D eigenvalue weighted by atomic mass is 16.4. The highest BCUT2D eigenvalue weighted by Gasteiger charge is 2.40. The third-order valence-electron chi connectivity index (χ3n) is 5.47. The molecule has 1 aliphatic rings. The third-order valence-corrected chi connectivity index (χ3v) is 5.47. The minimum atomic E-state index is -0.841. The van der Waals surface area contributed by atoms with Crippen molar-refractivity contribution in [2.75, 3.05) is 6.54 Å². The second kappa shape index (κ2) is 13.7. The maximum atomic E-state index is 11.2. The quantitative estimate of drug-likeness (QED) is 0.204. The Bertz CT molecular complexity index is 500. The summed E-state index contributed by atoms with van der Waals surface area (Å²) >= 11 is 0. The standard InChI is InChI=1S/C22H39N3O2/c1-3-4-5-6-7-8-9-10-11-12-13-14-15-16-21-24-17-18-25(21,20(2)23)19-22(26)27/h3,17-18,20H,1,4-16,19,23H2,2H3/p+1. The molecule has 0 aliphatic carbocycles. The molecule has 27 heavy (non-hydrogen) atoms. The molecule has 0 radical (unpaired) electrons. The first kappa shape index (κ1) is 23.6. The largest absolute Gasteiger partial charge is 0.477 e. The lowest BCUT2D eigenvalue weighted by molar-refractivity contribution is -0.805. The predicted molar refractivity (Wildman–Crippen MR) is 113 cm³/mol.